The van der Waals surface area contributed by atoms with E-state index >= 15 is 0 Å². The first kappa shape index (κ1) is 11.4. The van der Waals surface area contributed by atoms with Gasteiger partial charge in [-0.05, 0) is 19.4 Å². The van der Waals surface area contributed by atoms with Crippen LogP contribution in [0.15, 0.2) is 0 Å². The second-order valence-corrected chi connectivity index (χ2v) is 3.90. The van der Waals surface area contributed by atoms with Gasteiger partial charge < -0.3 is 10.3 Å². The number of hydrogen-bond acceptors (Lipinski definition) is 3. The Balaban J connectivity index is 2.33. The highest BCUT2D eigenvalue weighted by Gasteiger charge is 2.45. The molecule has 2 rings (SSSR count). The summed E-state index contributed by atoms with van der Waals surface area (Å²) >= 11 is 0. The van der Waals surface area contributed by atoms with E-state index in [9.17, 15) is 13.2 Å². The molecule has 0 fully saturated rings. The van der Waals surface area contributed by atoms with E-state index in [1.165, 1.54) is 0 Å². The Hall–Kier alpha value is -1.11. The average molecular weight is 234 g/mol. The average Bonchev–Trinajstić information content (AvgIpc) is 2.61. The van der Waals surface area contributed by atoms with Crippen molar-refractivity contribution in [3.05, 3.63) is 11.6 Å². The predicted molar refractivity (Wildman–Crippen MR) is 50.8 cm³/mol. The summed E-state index contributed by atoms with van der Waals surface area (Å²) in [6.45, 7) is 0.930. The van der Waals surface area contributed by atoms with Crippen molar-refractivity contribution in [2.45, 2.75) is 37.9 Å². The van der Waals surface area contributed by atoms with Crippen molar-refractivity contribution in [2.24, 2.45) is 5.73 Å². The summed E-state index contributed by atoms with van der Waals surface area (Å²) in [6, 6.07) is 0. The third-order valence-electron chi connectivity index (χ3n) is 2.81. The Bertz CT molecular complexity index is 371. The van der Waals surface area contributed by atoms with Crippen LogP contribution >= 0.6 is 0 Å². The van der Waals surface area contributed by atoms with E-state index in [-0.39, 0.29) is 12.2 Å². The fourth-order valence-electron chi connectivity index (χ4n) is 2.06. The van der Waals surface area contributed by atoms with Gasteiger partial charge in [0.15, 0.2) is 0 Å². The van der Waals surface area contributed by atoms with E-state index in [2.05, 4.69) is 10.2 Å². The molecule has 0 aliphatic carbocycles. The van der Waals surface area contributed by atoms with Crippen LogP contribution in [0.25, 0.3) is 0 Å². The Labute approximate surface area is 90.6 Å². The van der Waals surface area contributed by atoms with Crippen molar-refractivity contribution in [1.29, 1.82) is 0 Å². The van der Waals surface area contributed by atoms with Crippen LogP contribution < -0.4 is 5.73 Å². The molecule has 90 valence electrons. The van der Waals surface area contributed by atoms with Crippen LogP contribution in [0.3, 0.4) is 0 Å². The van der Waals surface area contributed by atoms with Crippen molar-refractivity contribution < 1.29 is 13.2 Å². The van der Waals surface area contributed by atoms with Crippen LogP contribution in [-0.2, 0) is 13.0 Å². The molecule has 0 radical (unpaired) electrons. The second kappa shape index (κ2) is 4.04. The smallest absolute Gasteiger partial charge is 0.330 e. The molecule has 1 aliphatic rings. The topological polar surface area (TPSA) is 56.7 Å². The Kier molecular flexibility index (Phi) is 2.88. The molecule has 0 amide bonds. The minimum absolute atomic E-state index is 0.0437. The molecule has 0 unspecified atom stereocenters. The van der Waals surface area contributed by atoms with Gasteiger partial charge in [0.05, 0.1) is 0 Å². The minimum Gasteiger partial charge on any atom is -0.330 e. The number of fused-ring (bicyclic) bond motifs is 1. The summed E-state index contributed by atoms with van der Waals surface area (Å²) < 4.78 is 39.7. The minimum atomic E-state index is -4.23. The van der Waals surface area contributed by atoms with Gasteiger partial charge in [-0.3, -0.25) is 0 Å². The van der Waals surface area contributed by atoms with Crippen LogP contribution in [0.4, 0.5) is 13.2 Å². The van der Waals surface area contributed by atoms with Gasteiger partial charge in [0.2, 0.25) is 0 Å². The predicted octanol–water partition coefficient (Wildman–Crippen LogP) is 1.22. The van der Waals surface area contributed by atoms with E-state index in [0.29, 0.717) is 31.8 Å². The molecule has 4 nitrogen and oxygen atoms in total. The first-order valence-electron chi connectivity index (χ1n) is 5.23. The highest BCUT2D eigenvalue weighted by Crippen LogP contribution is 2.40. The van der Waals surface area contributed by atoms with Gasteiger partial charge in [-0.15, -0.1) is 10.2 Å². The molecule has 1 aliphatic heterocycles. The monoisotopic (exact) mass is 234 g/mol. The van der Waals surface area contributed by atoms with E-state index < -0.39 is 12.1 Å². The number of nitrogens with two attached hydrogens (primary N) is 1. The van der Waals surface area contributed by atoms with Gasteiger partial charge in [-0.1, -0.05) is 0 Å². The number of aromatic nitrogens is 3. The standard InChI is InChI=1S/C9H13F3N4/c10-9(11,12)6-2-1-5-16-7(3-4-13)14-15-8(6)16/h6H,1-5,13H2/t6-/m0/s1. The van der Waals surface area contributed by atoms with Gasteiger partial charge >= 0.3 is 6.18 Å². The second-order valence-electron chi connectivity index (χ2n) is 3.90. The van der Waals surface area contributed by atoms with E-state index in [4.69, 9.17) is 5.73 Å². The lowest BCUT2D eigenvalue weighted by Crippen LogP contribution is -2.29. The fourth-order valence-corrected chi connectivity index (χ4v) is 2.06. The normalized spacial score (nSPS) is 20.9. The van der Waals surface area contributed by atoms with Crippen LogP contribution in [0.1, 0.15) is 30.4 Å². The summed E-state index contributed by atoms with van der Waals surface area (Å²) in [5.41, 5.74) is 5.37. The molecule has 1 aromatic heterocycles. The highest BCUT2D eigenvalue weighted by molar-refractivity contribution is 5.07. The summed E-state index contributed by atoms with van der Waals surface area (Å²) in [6.07, 6.45) is -3.15. The van der Waals surface area contributed by atoms with Crippen LogP contribution in [0.2, 0.25) is 0 Å². The number of halogens is 3. The quantitative estimate of drug-likeness (QED) is 0.837. The number of alkyl halides is 3. The Morgan fingerprint density at radius 2 is 2.12 bits per heavy atom. The number of hydrogen-bond donors (Lipinski definition) is 1. The largest absolute Gasteiger partial charge is 0.398 e. The summed E-state index contributed by atoms with van der Waals surface area (Å²) in [4.78, 5) is 0. The summed E-state index contributed by atoms with van der Waals surface area (Å²) in [5.74, 6) is -0.867. The third-order valence-corrected chi connectivity index (χ3v) is 2.81. The molecule has 2 heterocycles. The van der Waals surface area contributed by atoms with Gasteiger partial charge in [0.1, 0.15) is 17.6 Å². The molecule has 0 saturated heterocycles. The lowest BCUT2D eigenvalue weighted by Gasteiger charge is -2.25. The Morgan fingerprint density at radius 1 is 1.38 bits per heavy atom. The zero-order valence-corrected chi connectivity index (χ0v) is 8.67. The molecular weight excluding hydrogens is 221 g/mol. The molecule has 0 bridgehead atoms. The van der Waals surface area contributed by atoms with Gasteiger partial charge in [-0.25, -0.2) is 0 Å². The fraction of sp³-hybridized carbons (Fsp3) is 0.778. The van der Waals surface area contributed by atoms with Crippen molar-refractivity contribution in [2.75, 3.05) is 6.54 Å². The van der Waals surface area contributed by atoms with Crippen LogP contribution in [0, 0.1) is 0 Å². The molecule has 1 aromatic rings. The van der Waals surface area contributed by atoms with Crippen molar-refractivity contribution in [3.63, 3.8) is 0 Å². The van der Waals surface area contributed by atoms with Gasteiger partial charge in [-0.2, -0.15) is 13.2 Å². The summed E-state index contributed by atoms with van der Waals surface area (Å²) in [5, 5.41) is 7.44. The lowest BCUT2D eigenvalue weighted by molar-refractivity contribution is -0.156. The molecule has 2 N–H and O–H groups in total. The molecule has 0 aromatic carbocycles. The van der Waals surface area contributed by atoms with Gasteiger partial charge in [0.25, 0.3) is 0 Å². The first-order valence-corrected chi connectivity index (χ1v) is 5.23. The SMILES string of the molecule is NCCc1nnc2n1CCC[C@@H]2C(F)(F)F. The summed E-state index contributed by atoms with van der Waals surface area (Å²) in [7, 11) is 0. The zero-order chi connectivity index (χ0) is 11.8. The Morgan fingerprint density at radius 3 is 2.75 bits per heavy atom. The van der Waals surface area contributed by atoms with E-state index in [1.54, 1.807) is 4.57 Å². The highest BCUT2D eigenvalue weighted by atomic mass is 19.4. The molecule has 16 heavy (non-hydrogen) atoms. The van der Waals surface area contributed by atoms with Crippen molar-refractivity contribution >= 4 is 0 Å². The molecule has 0 saturated carbocycles. The third kappa shape index (κ3) is 1.91. The molecular formula is C9H13F3N4. The van der Waals surface area contributed by atoms with E-state index in [1.807, 2.05) is 0 Å². The van der Waals surface area contributed by atoms with Crippen molar-refractivity contribution in [3.8, 4) is 0 Å². The van der Waals surface area contributed by atoms with Crippen molar-refractivity contribution in [1.82, 2.24) is 14.8 Å². The molecule has 7 heteroatoms. The van der Waals surface area contributed by atoms with Gasteiger partial charge in [0, 0.05) is 13.0 Å². The number of rotatable bonds is 2. The van der Waals surface area contributed by atoms with Crippen LogP contribution in [-0.4, -0.2) is 27.5 Å². The molecule has 1 atom stereocenters. The maximum absolute atomic E-state index is 12.7. The van der Waals surface area contributed by atoms with Crippen LogP contribution in [0.5, 0.6) is 0 Å². The maximum Gasteiger partial charge on any atom is 0.398 e. The zero-order valence-electron chi connectivity index (χ0n) is 8.67. The number of nitrogens with zero attached hydrogens (tertiary/aromatic N) is 3. The molecule has 0 spiro atoms. The van der Waals surface area contributed by atoms with E-state index in [0.717, 1.165) is 0 Å². The lowest BCUT2D eigenvalue weighted by atomic mass is 9.98. The maximum atomic E-state index is 12.7. The first-order chi connectivity index (χ1) is 7.54.